The first-order valence-electron chi connectivity index (χ1n) is 7.64. The van der Waals surface area contributed by atoms with Crippen LogP contribution in [0, 0.1) is 13.8 Å². The van der Waals surface area contributed by atoms with Crippen LogP contribution >= 0.6 is 23.5 Å². The number of nitrogens with one attached hydrogen (secondary N) is 1. The number of methoxy groups -OCH3 is 1. The van der Waals surface area contributed by atoms with Crippen molar-refractivity contribution in [1.29, 1.82) is 0 Å². The molecule has 0 aliphatic carbocycles. The van der Waals surface area contributed by atoms with Crippen LogP contribution in [0.3, 0.4) is 0 Å². The standard InChI is InChI=1S/C17H23N3O2S2/c1-12-13(2)20(8-9-22-3)17(18-12)24-11-16(21)19-14-6-5-7-15(10-14)23-4/h5-7,10H,8-9,11H2,1-4H3,(H,19,21). The molecule has 0 radical (unpaired) electrons. The lowest BCUT2D eigenvalue weighted by Gasteiger charge is -2.09. The van der Waals surface area contributed by atoms with Crippen LogP contribution in [0.2, 0.25) is 0 Å². The zero-order valence-corrected chi connectivity index (χ0v) is 16.1. The summed E-state index contributed by atoms with van der Waals surface area (Å²) in [4.78, 5) is 17.9. The highest BCUT2D eigenvalue weighted by molar-refractivity contribution is 7.99. The fourth-order valence-corrected chi connectivity index (χ4v) is 3.58. The van der Waals surface area contributed by atoms with Gasteiger partial charge in [0, 0.05) is 29.9 Å². The summed E-state index contributed by atoms with van der Waals surface area (Å²) in [7, 11) is 1.68. The number of imidazole rings is 1. The third-order valence-electron chi connectivity index (χ3n) is 3.63. The highest BCUT2D eigenvalue weighted by Gasteiger charge is 2.13. The van der Waals surface area contributed by atoms with Crippen molar-refractivity contribution in [1.82, 2.24) is 9.55 Å². The third kappa shape index (κ3) is 5.03. The van der Waals surface area contributed by atoms with E-state index in [-0.39, 0.29) is 5.91 Å². The predicted octanol–water partition coefficient (Wildman–Crippen LogP) is 3.60. The Balaban J connectivity index is 1.97. The summed E-state index contributed by atoms with van der Waals surface area (Å²) in [5, 5.41) is 3.79. The summed E-state index contributed by atoms with van der Waals surface area (Å²) >= 11 is 3.10. The summed E-state index contributed by atoms with van der Waals surface area (Å²) in [5.74, 6) is 0.293. The molecule has 0 aliphatic heterocycles. The molecule has 0 saturated heterocycles. The first kappa shape index (κ1) is 18.9. The molecule has 0 fully saturated rings. The van der Waals surface area contributed by atoms with Crippen molar-refractivity contribution in [3.63, 3.8) is 0 Å². The number of ether oxygens (including phenoxy) is 1. The maximum absolute atomic E-state index is 12.2. The summed E-state index contributed by atoms with van der Waals surface area (Å²) in [6.07, 6.45) is 2.02. The number of anilines is 1. The molecule has 1 amide bonds. The fraction of sp³-hybridized carbons (Fsp3) is 0.412. The van der Waals surface area contributed by atoms with Gasteiger partial charge in [-0.05, 0) is 38.3 Å². The van der Waals surface area contributed by atoms with Crippen LogP contribution in [-0.4, -0.2) is 41.2 Å². The van der Waals surface area contributed by atoms with Gasteiger partial charge in [0.05, 0.1) is 18.1 Å². The van der Waals surface area contributed by atoms with Crippen LogP contribution in [0.15, 0.2) is 34.3 Å². The second-order valence-corrected chi connectivity index (χ2v) is 7.10. The second kappa shape index (κ2) is 9.15. The zero-order valence-electron chi connectivity index (χ0n) is 14.5. The lowest BCUT2D eigenvalue weighted by atomic mass is 10.3. The SMILES string of the molecule is COCCn1c(SCC(=O)Nc2cccc(SC)c2)nc(C)c1C. The Bertz CT molecular complexity index is 701. The van der Waals surface area contributed by atoms with Gasteiger partial charge in [-0.15, -0.1) is 11.8 Å². The molecule has 2 aromatic rings. The molecular weight excluding hydrogens is 342 g/mol. The van der Waals surface area contributed by atoms with Crippen molar-refractivity contribution in [2.75, 3.05) is 31.0 Å². The summed E-state index contributed by atoms with van der Waals surface area (Å²) < 4.78 is 7.25. The Morgan fingerprint density at radius 3 is 2.88 bits per heavy atom. The average molecular weight is 366 g/mol. The maximum atomic E-state index is 12.2. The number of hydrogen-bond acceptors (Lipinski definition) is 5. The van der Waals surface area contributed by atoms with Gasteiger partial charge in [0.2, 0.25) is 5.91 Å². The van der Waals surface area contributed by atoms with Gasteiger partial charge < -0.3 is 14.6 Å². The highest BCUT2D eigenvalue weighted by Crippen LogP contribution is 2.22. The Morgan fingerprint density at radius 1 is 1.38 bits per heavy atom. The molecule has 1 N–H and O–H groups in total. The Hall–Kier alpha value is -1.44. The number of carbonyl (C=O) groups is 1. The largest absolute Gasteiger partial charge is 0.383 e. The second-order valence-electron chi connectivity index (χ2n) is 5.28. The number of benzene rings is 1. The van der Waals surface area contributed by atoms with Gasteiger partial charge in [-0.25, -0.2) is 4.98 Å². The molecule has 0 spiro atoms. The highest BCUT2D eigenvalue weighted by atomic mass is 32.2. The van der Waals surface area contributed by atoms with Gasteiger partial charge in [-0.3, -0.25) is 4.79 Å². The van der Waals surface area contributed by atoms with E-state index >= 15 is 0 Å². The molecule has 0 aliphatic rings. The van der Waals surface area contributed by atoms with Gasteiger partial charge in [0.1, 0.15) is 0 Å². The Kier molecular flexibility index (Phi) is 7.20. The number of aromatic nitrogens is 2. The van der Waals surface area contributed by atoms with Gasteiger partial charge in [-0.2, -0.15) is 0 Å². The molecule has 130 valence electrons. The number of carbonyl (C=O) groups excluding carboxylic acids is 1. The molecule has 7 heteroatoms. The van der Waals surface area contributed by atoms with Crippen molar-refractivity contribution in [3.05, 3.63) is 35.7 Å². The van der Waals surface area contributed by atoms with E-state index in [1.165, 1.54) is 11.8 Å². The van der Waals surface area contributed by atoms with Crippen LogP contribution in [0.25, 0.3) is 0 Å². The van der Waals surface area contributed by atoms with Crippen LogP contribution in [0.4, 0.5) is 5.69 Å². The first-order valence-corrected chi connectivity index (χ1v) is 9.85. The number of rotatable bonds is 8. The van der Waals surface area contributed by atoms with Crippen molar-refractivity contribution in [2.45, 2.75) is 30.4 Å². The number of aryl methyl sites for hydroxylation is 1. The van der Waals surface area contributed by atoms with E-state index in [9.17, 15) is 4.79 Å². The van der Waals surface area contributed by atoms with Crippen LogP contribution in [0.5, 0.6) is 0 Å². The zero-order chi connectivity index (χ0) is 17.5. The lowest BCUT2D eigenvalue weighted by molar-refractivity contribution is -0.113. The fourth-order valence-electron chi connectivity index (χ4n) is 2.21. The van der Waals surface area contributed by atoms with Crippen molar-refractivity contribution in [2.24, 2.45) is 0 Å². The van der Waals surface area contributed by atoms with Crippen molar-refractivity contribution < 1.29 is 9.53 Å². The van der Waals surface area contributed by atoms with Crippen molar-refractivity contribution in [3.8, 4) is 0 Å². The molecule has 1 aromatic carbocycles. The third-order valence-corrected chi connectivity index (χ3v) is 5.33. The molecule has 1 heterocycles. The summed E-state index contributed by atoms with van der Waals surface area (Å²) in [5.41, 5.74) is 2.92. The number of thioether (sulfide) groups is 2. The molecule has 0 bridgehead atoms. The first-order chi connectivity index (χ1) is 11.5. The monoisotopic (exact) mass is 365 g/mol. The molecule has 0 atom stereocenters. The van der Waals surface area contributed by atoms with E-state index < -0.39 is 0 Å². The van der Waals surface area contributed by atoms with Gasteiger partial charge in [-0.1, -0.05) is 17.8 Å². The molecule has 5 nitrogen and oxygen atoms in total. The van der Waals surface area contributed by atoms with Gasteiger partial charge in [0.15, 0.2) is 5.16 Å². The van der Waals surface area contributed by atoms with E-state index in [1.54, 1.807) is 18.9 Å². The quantitative estimate of drug-likeness (QED) is 0.725. The number of hydrogen-bond donors (Lipinski definition) is 1. The van der Waals surface area contributed by atoms with Crippen molar-refractivity contribution >= 4 is 35.1 Å². The molecule has 2 rings (SSSR count). The van der Waals surface area contributed by atoms with E-state index in [2.05, 4.69) is 14.9 Å². The smallest absolute Gasteiger partial charge is 0.234 e. The predicted molar refractivity (Wildman–Crippen MR) is 101 cm³/mol. The van der Waals surface area contributed by atoms with Gasteiger partial charge in [0.25, 0.3) is 0 Å². The summed E-state index contributed by atoms with van der Waals surface area (Å²) in [6.45, 7) is 5.38. The topological polar surface area (TPSA) is 56.1 Å². The minimum Gasteiger partial charge on any atom is -0.383 e. The average Bonchev–Trinajstić information content (AvgIpc) is 2.85. The summed E-state index contributed by atoms with van der Waals surface area (Å²) in [6, 6.07) is 7.84. The minimum atomic E-state index is -0.0325. The van der Waals surface area contributed by atoms with Crippen LogP contribution in [-0.2, 0) is 16.1 Å². The molecule has 0 saturated carbocycles. The van der Waals surface area contributed by atoms with E-state index in [0.717, 1.165) is 33.7 Å². The molecule has 1 aromatic heterocycles. The Morgan fingerprint density at radius 2 is 2.17 bits per heavy atom. The van der Waals surface area contributed by atoms with Gasteiger partial charge >= 0.3 is 0 Å². The Labute approximate surface area is 151 Å². The lowest BCUT2D eigenvalue weighted by Crippen LogP contribution is -2.15. The van der Waals surface area contributed by atoms with E-state index in [4.69, 9.17) is 4.74 Å². The molecule has 24 heavy (non-hydrogen) atoms. The molecule has 0 unspecified atom stereocenters. The van der Waals surface area contributed by atoms with Crippen LogP contribution in [0.1, 0.15) is 11.4 Å². The van der Waals surface area contributed by atoms with E-state index in [1.807, 2.05) is 44.4 Å². The van der Waals surface area contributed by atoms with E-state index in [0.29, 0.717) is 12.4 Å². The molecular formula is C17H23N3O2S2. The minimum absolute atomic E-state index is 0.0325. The number of nitrogens with zero attached hydrogens (tertiary/aromatic N) is 2. The van der Waals surface area contributed by atoms with Crippen LogP contribution < -0.4 is 5.32 Å². The maximum Gasteiger partial charge on any atom is 0.234 e. The normalized spacial score (nSPS) is 10.8. The number of amides is 1.